The second kappa shape index (κ2) is 4.68. The maximum Gasteiger partial charge on any atom is 0.201 e. The molecule has 0 aliphatic heterocycles. The van der Waals surface area contributed by atoms with E-state index in [-0.39, 0.29) is 46.0 Å². The number of phenolic OH excluding ortho intramolecular Hbond substituents is 2. The molecule has 0 saturated carbocycles. The summed E-state index contributed by atoms with van der Waals surface area (Å²) >= 11 is 0. The Morgan fingerprint density at radius 3 is 2.54 bits per heavy atom. The van der Waals surface area contributed by atoms with Crippen molar-refractivity contribution in [1.82, 2.24) is 0 Å². The van der Waals surface area contributed by atoms with Gasteiger partial charge in [0.25, 0.3) is 0 Å². The Labute approximate surface area is 138 Å². The van der Waals surface area contributed by atoms with E-state index in [1.54, 1.807) is 13.0 Å². The molecule has 2 aromatic carbocycles. The Kier molecular flexibility index (Phi) is 2.90. The fourth-order valence-corrected chi connectivity index (χ4v) is 3.70. The summed E-state index contributed by atoms with van der Waals surface area (Å²) in [4.78, 5) is 25.6. The first kappa shape index (κ1) is 14.9. The number of hydrogen-bond donors (Lipinski definition) is 3. The lowest BCUT2D eigenvalue weighted by Crippen LogP contribution is -2.33. The van der Waals surface area contributed by atoms with Crippen LogP contribution in [0.4, 0.5) is 0 Å². The standard InChI is InChI=1S/C19H16O5/c1-19(24)6-5-9-7-11-15(17(22)12(9)8-19)18(23)14-10(16(11)21)3-2-4-13(14)20/h2-4,7,20,22,24H,5-6,8H2,1H3. The lowest BCUT2D eigenvalue weighted by Gasteiger charge is -2.32. The van der Waals surface area contributed by atoms with Crippen LogP contribution in [-0.2, 0) is 12.8 Å². The van der Waals surface area contributed by atoms with Crippen molar-refractivity contribution in [2.24, 2.45) is 0 Å². The molecule has 1 atom stereocenters. The third kappa shape index (κ3) is 1.91. The Bertz CT molecular complexity index is 924. The van der Waals surface area contributed by atoms with E-state index in [9.17, 15) is 24.9 Å². The highest BCUT2D eigenvalue weighted by molar-refractivity contribution is 6.30. The van der Waals surface area contributed by atoms with E-state index in [0.717, 1.165) is 5.56 Å². The van der Waals surface area contributed by atoms with Crippen molar-refractivity contribution in [3.8, 4) is 11.5 Å². The first-order valence-electron chi connectivity index (χ1n) is 7.81. The minimum atomic E-state index is -0.958. The van der Waals surface area contributed by atoms with Crippen LogP contribution < -0.4 is 0 Å². The minimum Gasteiger partial charge on any atom is -0.507 e. The molecule has 2 aromatic rings. The molecule has 0 saturated heterocycles. The zero-order valence-corrected chi connectivity index (χ0v) is 13.1. The molecule has 0 amide bonds. The number of hydrogen-bond acceptors (Lipinski definition) is 5. The van der Waals surface area contributed by atoms with E-state index in [4.69, 9.17) is 0 Å². The van der Waals surface area contributed by atoms with Gasteiger partial charge >= 0.3 is 0 Å². The predicted molar refractivity (Wildman–Crippen MR) is 85.7 cm³/mol. The molecule has 0 aromatic heterocycles. The lowest BCUT2D eigenvalue weighted by atomic mass is 9.75. The van der Waals surface area contributed by atoms with Crippen LogP contribution in [0, 0.1) is 0 Å². The number of fused-ring (bicyclic) bond motifs is 3. The summed E-state index contributed by atoms with van der Waals surface area (Å²) in [6.45, 7) is 1.68. The second-order valence-electron chi connectivity index (χ2n) is 6.82. The highest BCUT2D eigenvalue weighted by atomic mass is 16.3. The van der Waals surface area contributed by atoms with Crippen LogP contribution in [0.2, 0.25) is 0 Å². The molecule has 0 radical (unpaired) electrons. The number of aryl methyl sites for hydroxylation is 1. The van der Waals surface area contributed by atoms with Gasteiger partial charge in [-0.25, -0.2) is 0 Å². The molecular weight excluding hydrogens is 308 g/mol. The van der Waals surface area contributed by atoms with E-state index in [0.29, 0.717) is 18.4 Å². The van der Waals surface area contributed by atoms with E-state index in [1.807, 2.05) is 0 Å². The molecule has 0 spiro atoms. The highest BCUT2D eigenvalue weighted by Crippen LogP contribution is 2.42. The molecule has 5 nitrogen and oxygen atoms in total. The number of carbonyl (C=O) groups is 2. The summed E-state index contributed by atoms with van der Waals surface area (Å²) in [5.74, 6) is -1.48. The van der Waals surface area contributed by atoms with E-state index >= 15 is 0 Å². The molecule has 24 heavy (non-hydrogen) atoms. The van der Waals surface area contributed by atoms with Crippen molar-refractivity contribution in [2.75, 3.05) is 0 Å². The monoisotopic (exact) mass is 324 g/mol. The molecule has 0 heterocycles. The second-order valence-corrected chi connectivity index (χ2v) is 6.82. The number of carbonyl (C=O) groups excluding carboxylic acids is 2. The smallest absolute Gasteiger partial charge is 0.201 e. The number of benzene rings is 2. The summed E-state index contributed by atoms with van der Waals surface area (Å²) in [5.41, 5.74) is 0.483. The zero-order valence-electron chi connectivity index (χ0n) is 13.1. The normalized spacial score (nSPS) is 21.9. The van der Waals surface area contributed by atoms with Gasteiger partial charge in [-0.05, 0) is 37.5 Å². The number of phenols is 2. The van der Waals surface area contributed by atoms with E-state index in [2.05, 4.69) is 0 Å². The molecule has 4 rings (SSSR count). The van der Waals surface area contributed by atoms with Crippen molar-refractivity contribution in [1.29, 1.82) is 0 Å². The fourth-order valence-electron chi connectivity index (χ4n) is 3.70. The highest BCUT2D eigenvalue weighted by Gasteiger charge is 2.38. The molecule has 0 bridgehead atoms. The topological polar surface area (TPSA) is 94.8 Å². The minimum absolute atomic E-state index is 0.0761. The molecular formula is C19H16O5. The Balaban J connectivity index is 2.00. The maximum atomic E-state index is 12.8. The van der Waals surface area contributed by atoms with Crippen LogP contribution in [0.25, 0.3) is 0 Å². The number of ketones is 2. The molecule has 2 aliphatic rings. The van der Waals surface area contributed by atoms with Gasteiger partial charge in [0.1, 0.15) is 11.5 Å². The van der Waals surface area contributed by atoms with Gasteiger partial charge in [-0.3, -0.25) is 9.59 Å². The van der Waals surface area contributed by atoms with Crippen LogP contribution >= 0.6 is 0 Å². The summed E-state index contributed by atoms with van der Waals surface area (Å²) in [7, 11) is 0. The Morgan fingerprint density at radius 2 is 1.79 bits per heavy atom. The summed E-state index contributed by atoms with van der Waals surface area (Å²) in [6.07, 6.45) is 1.27. The third-order valence-corrected chi connectivity index (χ3v) is 4.97. The molecule has 5 heteroatoms. The first-order chi connectivity index (χ1) is 11.3. The quantitative estimate of drug-likeness (QED) is 0.589. The van der Waals surface area contributed by atoms with Gasteiger partial charge in [0.2, 0.25) is 5.78 Å². The van der Waals surface area contributed by atoms with Crippen LogP contribution in [-0.4, -0.2) is 32.5 Å². The first-order valence-corrected chi connectivity index (χ1v) is 7.81. The van der Waals surface area contributed by atoms with Gasteiger partial charge < -0.3 is 15.3 Å². The molecule has 1 unspecified atom stereocenters. The average molecular weight is 324 g/mol. The van der Waals surface area contributed by atoms with E-state index in [1.165, 1.54) is 18.2 Å². The largest absolute Gasteiger partial charge is 0.507 e. The zero-order chi connectivity index (χ0) is 17.2. The van der Waals surface area contributed by atoms with Crippen LogP contribution in [0.15, 0.2) is 24.3 Å². The summed E-state index contributed by atoms with van der Waals surface area (Å²) < 4.78 is 0. The molecule has 3 N–H and O–H groups in total. The predicted octanol–water partition coefficient (Wildman–Crippen LogP) is 2.11. The molecule has 2 aliphatic carbocycles. The number of aliphatic hydroxyl groups is 1. The van der Waals surface area contributed by atoms with Gasteiger partial charge in [0.05, 0.1) is 16.7 Å². The van der Waals surface area contributed by atoms with E-state index < -0.39 is 11.4 Å². The van der Waals surface area contributed by atoms with Gasteiger partial charge in [-0.2, -0.15) is 0 Å². The summed E-state index contributed by atoms with van der Waals surface area (Å²) in [5, 5.41) is 30.9. The van der Waals surface area contributed by atoms with Crippen molar-refractivity contribution in [3.63, 3.8) is 0 Å². The van der Waals surface area contributed by atoms with Gasteiger partial charge in [-0.1, -0.05) is 12.1 Å². The van der Waals surface area contributed by atoms with Gasteiger partial charge in [0.15, 0.2) is 5.78 Å². The van der Waals surface area contributed by atoms with Crippen LogP contribution in [0.3, 0.4) is 0 Å². The summed E-state index contributed by atoms with van der Waals surface area (Å²) in [6, 6.07) is 6.00. The van der Waals surface area contributed by atoms with Crippen molar-refractivity contribution in [3.05, 3.63) is 57.6 Å². The van der Waals surface area contributed by atoms with Crippen LogP contribution in [0.5, 0.6) is 11.5 Å². The number of rotatable bonds is 0. The van der Waals surface area contributed by atoms with Crippen molar-refractivity contribution >= 4 is 11.6 Å². The maximum absolute atomic E-state index is 12.8. The van der Waals surface area contributed by atoms with Gasteiger partial charge in [0, 0.05) is 23.1 Å². The lowest BCUT2D eigenvalue weighted by molar-refractivity contribution is 0.0450. The van der Waals surface area contributed by atoms with Gasteiger partial charge in [-0.15, -0.1) is 0 Å². The van der Waals surface area contributed by atoms with Crippen molar-refractivity contribution < 1.29 is 24.9 Å². The third-order valence-electron chi connectivity index (χ3n) is 4.97. The number of aromatic hydroxyl groups is 2. The molecule has 0 fully saturated rings. The Morgan fingerprint density at radius 1 is 1.04 bits per heavy atom. The van der Waals surface area contributed by atoms with Crippen LogP contribution in [0.1, 0.15) is 56.3 Å². The van der Waals surface area contributed by atoms with Crippen molar-refractivity contribution in [2.45, 2.75) is 31.8 Å². The SMILES string of the molecule is CC1(O)CCc2cc3c(c(O)c2C1)C(=O)c1c(O)cccc1C3=O. The fraction of sp³-hybridized carbons (Fsp3) is 0.263. The molecule has 122 valence electrons. The Hall–Kier alpha value is -2.66. The average Bonchev–Trinajstić information content (AvgIpc) is 2.52.